The minimum atomic E-state index is 0.627. The first kappa shape index (κ1) is 8.92. The molecule has 2 heteroatoms. The molecule has 0 saturated carbocycles. The molecule has 0 unspecified atom stereocenters. The highest BCUT2D eigenvalue weighted by molar-refractivity contribution is 4.52. The van der Waals surface area contributed by atoms with Gasteiger partial charge in [-0.2, -0.15) is 0 Å². The molecule has 56 valence electrons. The Hall–Kier alpha value is -0.0800. The minimum Gasteiger partial charge on any atom is -0.320 e. The fraction of sp³-hybridized carbons (Fsp3) is 1.00. The molecule has 0 spiro atoms. The molecule has 0 aliphatic rings. The Morgan fingerprint density at radius 1 is 1.22 bits per heavy atom. The molecular formula is C7H18N2. The maximum absolute atomic E-state index is 3.34. The molecule has 0 saturated heterocycles. The van der Waals surface area contributed by atoms with Gasteiger partial charge in [0.15, 0.2) is 0 Å². The molecule has 0 radical (unpaired) electrons. The van der Waals surface area contributed by atoms with E-state index < -0.39 is 0 Å². The topological polar surface area (TPSA) is 24.1 Å². The van der Waals surface area contributed by atoms with Gasteiger partial charge in [-0.15, -0.1) is 0 Å². The van der Waals surface area contributed by atoms with Crippen LogP contribution in [-0.2, 0) is 0 Å². The Morgan fingerprint density at radius 2 is 1.89 bits per heavy atom. The highest BCUT2D eigenvalue weighted by Gasteiger charge is 1.88. The zero-order valence-electron chi connectivity index (χ0n) is 6.70. The van der Waals surface area contributed by atoms with E-state index in [2.05, 4.69) is 24.5 Å². The van der Waals surface area contributed by atoms with Crippen molar-refractivity contribution in [3.63, 3.8) is 0 Å². The number of hydrogen-bond acceptors (Lipinski definition) is 2. The quantitative estimate of drug-likeness (QED) is 0.532. The van der Waals surface area contributed by atoms with Gasteiger partial charge < -0.3 is 10.6 Å². The first-order valence-corrected chi connectivity index (χ1v) is 3.65. The zero-order valence-corrected chi connectivity index (χ0v) is 6.70. The summed E-state index contributed by atoms with van der Waals surface area (Å²) in [4.78, 5) is 0. The molecular weight excluding hydrogens is 112 g/mol. The second kappa shape index (κ2) is 6.05. The number of nitrogens with one attached hydrogen (secondary N) is 2. The van der Waals surface area contributed by atoms with E-state index in [-0.39, 0.29) is 0 Å². The van der Waals surface area contributed by atoms with Crippen molar-refractivity contribution in [2.24, 2.45) is 0 Å². The van der Waals surface area contributed by atoms with E-state index in [1.807, 2.05) is 7.05 Å². The van der Waals surface area contributed by atoms with E-state index >= 15 is 0 Å². The third kappa shape index (κ3) is 7.92. The van der Waals surface area contributed by atoms with Gasteiger partial charge in [0, 0.05) is 6.04 Å². The summed E-state index contributed by atoms with van der Waals surface area (Å²) in [5.41, 5.74) is 0. The van der Waals surface area contributed by atoms with Gasteiger partial charge in [0.25, 0.3) is 0 Å². The van der Waals surface area contributed by atoms with Gasteiger partial charge in [-0.25, -0.2) is 0 Å². The molecule has 0 atom stereocenters. The molecule has 0 rings (SSSR count). The fourth-order valence-corrected chi connectivity index (χ4v) is 0.656. The molecule has 0 aliphatic carbocycles. The summed E-state index contributed by atoms with van der Waals surface area (Å²) in [5.74, 6) is 0. The molecule has 0 aromatic carbocycles. The van der Waals surface area contributed by atoms with Crippen molar-refractivity contribution >= 4 is 0 Å². The summed E-state index contributed by atoms with van der Waals surface area (Å²) in [7, 11) is 1.98. The molecule has 2 N–H and O–H groups in total. The lowest BCUT2D eigenvalue weighted by Gasteiger charge is -2.06. The van der Waals surface area contributed by atoms with Crippen LogP contribution in [-0.4, -0.2) is 26.2 Å². The first-order valence-electron chi connectivity index (χ1n) is 3.65. The maximum Gasteiger partial charge on any atom is 0.00103 e. The van der Waals surface area contributed by atoms with Crippen LogP contribution in [0.2, 0.25) is 0 Å². The molecule has 0 bridgehead atoms. The van der Waals surface area contributed by atoms with Crippen LogP contribution in [0.25, 0.3) is 0 Å². The van der Waals surface area contributed by atoms with E-state index in [1.54, 1.807) is 0 Å². The largest absolute Gasteiger partial charge is 0.320 e. The van der Waals surface area contributed by atoms with Gasteiger partial charge >= 0.3 is 0 Å². The van der Waals surface area contributed by atoms with Crippen LogP contribution in [0.3, 0.4) is 0 Å². The Bertz CT molecular complexity index is 52.9. The summed E-state index contributed by atoms with van der Waals surface area (Å²) in [6.07, 6.45) is 1.22. The van der Waals surface area contributed by atoms with Gasteiger partial charge in [-0.1, -0.05) is 13.8 Å². The smallest absolute Gasteiger partial charge is 0.00103 e. The third-order valence-corrected chi connectivity index (χ3v) is 1.16. The molecule has 0 fully saturated rings. The standard InChI is InChI=1S/C7H18N2/c1-7(2)9-6-4-5-8-3/h7-9H,4-6H2,1-3H3. The van der Waals surface area contributed by atoms with Crippen molar-refractivity contribution in [2.45, 2.75) is 26.3 Å². The fourth-order valence-electron chi connectivity index (χ4n) is 0.656. The summed E-state index contributed by atoms with van der Waals surface area (Å²) < 4.78 is 0. The SMILES string of the molecule is CNCCCNC(C)C. The van der Waals surface area contributed by atoms with Gasteiger partial charge in [-0.05, 0) is 26.6 Å². The highest BCUT2D eigenvalue weighted by Crippen LogP contribution is 1.77. The summed E-state index contributed by atoms with van der Waals surface area (Å²) in [6, 6.07) is 0.627. The average Bonchev–Trinajstić information content (AvgIpc) is 1.80. The first-order chi connectivity index (χ1) is 4.27. The van der Waals surface area contributed by atoms with Crippen molar-refractivity contribution < 1.29 is 0 Å². The summed E-state index contributed by atoms with van der Waals surface area (Å²) >= 11 is 0. The molecule has 0 aromatic heterocycles. The van der Waals surface area contributed by atoms with E-state index in [1.165, 1.54) is 6.42 Å². The zero-order chi connectivity index (χ0) is 7.11. The van der Waals surface area contributed by atoms with Crippen LogP contribution in [0.4, 0.5) is 0 Å². The lowest BCUT2D eigenvalue weighted by molar-refractivity contribution is 0.560. The Kier molecular flexibility index (Phi) is 5.99. The molecule has 0 aromatic rings. The molecule has 9 heavy (non-hydrogen) atoms. The molecule has 2 nitrogen and oxygen atoms in total. The van der Waals surface area contributed by atoms with Crippen molar-refractivity contribution in [2.75, 3.05) is 20.1 Å². The number of hydrogen-bond donors (Lipinski definition) is 2. The van der Waals surface area contributed by atoms with E-state index in [0.29, 0.717) is 6.04 Å². The average molecular weight is 130 g/mol. The van der Waals surface area contributed by atoms with Gasteiger partial charge in [0.2, 0.25) is 0 Å². The van der Waals surface area contributed by atoms with Crippen molar-refractivity contribution in [3.8, 4) is 0 Å². The molecule has 0 aliphatic heterocycles. The van der Waals surface area contributed by atoms with Crippen molar-refractivity contribution in [3.05, 3.63) is 0 Å². The Morgan fingerprint density at radius 3 is 2.33 bits per heavy atom. The van der Waals surface area contributed by atoms with Crippen molar-refractivity contribution in [1.29, 1.82) is 0 Å². The van der Waals surface area contributed by atoms with Crippen LogP contribution >= 0.6 is 0 Å². The summed E-state index contributed by atoms with van der Waals surface area (Å²) in [5, 5.41) is 6.44. The van der Waals surface area contributed by atoms with Crippen LogP contribution in [0.5, 0.6) is 0 Å². The van der Waals surface area contributed by atoms with Crippen LogP contribution in [0, 0.1) is 0 Å². The van der Waals surface area contributed by atoms with E-state index in [9.17, 15) is 0 Å². The van der Waals surface area contributed by atoms with E-state index in [0.717, 1.165) is 13.1 Å². The lowest BCUT2D eigenvalue weighted by Crippen LogP contribution is -2.25. The van der Waals surface area contributed by atoms with E-state index in [4.69, 9.17) is 0 Å². The third-order valence-electron chi connectivity index (χ3n) is 1.16. The molecule has 0 amide bonds. The maximum atomic E-state index is 3.34. The normalized spacial score (nSPS) is 10.7. The van der Waals surface area contributed by atoms with Gasteiger partial charge in [0.1, 0.15) is 0 Å². The minimum absolute atomic E-state index is 0.627. The Labute approximate surface area is 58.0 Å². The second-order valence-electron chi connectivity index (χ2n) is 2.57. The van der Waals surface area contributed by atoms with Crippen LogP contribution < -0.4 is 10.6 Å². The molecule has 0 heterocycles. The monoisotopic (exact) mass is 130 g/mol. The highest BCUT2D eigenvalue weighted by atomic mass is 14.9. The summed E-state index contributed by atoms with van der Waals surface area (Å²) in [6.45, 7) is 6.57. The van der Waals surface area contributed by atoms with Gasteiger partial charge in [0.05, 0.1) is 0 Å². The predicted octanol–water partition coefficient (Wildman–Crippen LogP) is 0.594. The number of rotatable bonds is 5. The predicted molar refractivity (Wildman–Crippen MR) is 41.7 cm³/mol. The van der Waals surface area contributed by atoms with Gasteiger partial charge in [-0.3, -0.25) is 0 Å². The van der Waals surface area contributed by atoms with Crippen LogP contribution in [0.15, 0.2) is 0 Å². The second-order valence-corrected chi connectivity index (χ2v) is 2.57. The van der Waals surface area contributed by atoms with Crippen molar-refractivity contribution in [1.82, 2.24) is 10.6 Å². The Balaban J connectivity index is 2.75. The lowest BCUT2D eigenvalue weighted by atomic mass is 10.3. The van der Waals surface area contributed by atoms with Crippen LogP contribution in [0.1, 0.15) is 20.3 Å².